The Morgan fingerprint density at radius 3 is 1.70 bits per heavy atom. The van der Waals surface area contributed by atoms with Crippen LogP contribution in [0.1, 0.15) is 6.42 Å². The molecule has 0 aromatic heterocycles. The van der Waals surface area contributed by atoms with Crippen LogP contribution in [0.25, 0.3) is 0 Å². The second-order valence-corrected chi connectivity index (χ2v) is 1.60. The van der Waals surface area contributed by atoms with Crippen LogP contribution in [0.5, 0.6) is 0 Å². The van der Waals surface area contributed by atoms with Gasteiger partial charge in [0, 0.05) is 0 Å². The van der Waals surface area contributed by atoms with Crippen molar-refractivity contribution in [3.8, 4) is 0 Å². The third-order valence-electron chi connectivity index (χ3n) is 0.827. The number of rotatable bonds is 0. The summed E-state index contributed by atoms with van der Waals surface area (Å²) in [5.41, 5.74) is 0. The van der Waals surface area contributed by atoms with Crippen molar-refractivity contribution in [2.45, 2.75) is 6.42 Å². The van der Waals surface area contributed by atoms with Gasteiger partial charge in [0.05, 0.1) is 0 Å². The number of nitrogens with one attached hydrogen (secondary N) is 2. The molecule has 1 saturated heterocycles. The monoisotopic (exact) mass is 162 g/mol. The van der Waals surface area contributed by atoms with Crippen molar-refractivity contribution in [2.24, 2.45) is 0 Å². The first-order chi connectivity index (χ1) is 4.18. The van der Waals surface area contributed by atoms with Crippen molar-refractivity contribution < 1.29 is 14.4 Å². The standard InChI is InChI=1S/C4H4N2O3.H2S/c7-2-1-3(8)6-4(9)5-2;/h1H2,(H2,5,6,7,8,9);1H2. The molecule has 56 valence electrons. The lowest BCUT2D eigenvalue weighted by molar-refractivity contribution is -0.129. The summed E-state index contributed by atoms with van der Waals surface area (Å²) in [7, 11) is 0. The van der Waals surface area contributed by atoms with E-state index >= 15 is 0 Å². The molecule has 0 unspecified atom stereocenters. The number of imide groups is 2. The third kappa shape index (κ3) is 2.06. The SMILES string of the molecule is O=C1CC(=O)NC(=O)N1.S. The van der Waals surface area contributed by atoms with Crippen molar-refractivity contribution in [3.05, 3.63) is 0 Å². The Bertz CT molecular complexity index is 146. The molecule has 0 aromatic rings. The molecule has 4 amide bonds. The summed E-state index contributed by atoms with van der Waals surface area (Å²) in [6, 6.07) is -0.740. The van der Waals surface area contributed by atoms with Gasteiger partial charge in [0.1, 0.15) is 6.42 Å². The van der Waals surface area contributed by atoms with Crippen LogP contribution in [0.3, 0.4) is 0 Å². The van der Waals surface area contributed by atoms with Gasteiger partial charge in [0.15, 0.2) is 0 Å². The van der Waals surface area contributed by atoms with Gasteiger partial charge >= 0.3 is 6.03 Å². The van der Waals surface area contributed by atoms with Crippen molar-refractivity contribution in [1.82, 2.24) is 10.6 Å². The smallest absolute Gasteiger partial charge is 0.277 e. The summed E-state index contributed by atoms with van der Waals surface area (Å²) < 4.78 is 0. The lowest BCUT2D eigenvalue weighted by Crippen LogP contribution is -2.49. The van der Waals surface area contributed by atoms with E-state index in [-0.39, 0.29) is 19.9 Å². The first-order valence-corrected chi connectivity index (χ1v) is 2.32. The van der Waals surface area contributed by atoms with Gasteiger partial charge in [-0.2, -0.15) is 13.5 Å². The maximum Gasteiger partial charge on any atom is 0.328 e. The molecule has 0 spiro atoms. The van der Waals surface area contributed by atoms with E-state index < -0.39 is 17.8 Å². The van der Waals surface area contributed by atoms with Crippen LogP contribution in [0.15, 0.2) is 0 Å². The van der Waals surface area contributed by atoms with Crippen LogP contribution in [0.4, 0.5) is 4.79 Å². The lowest BCUT2D eigenvalue weighted by Gasteiger charge is -2.09. The quantitative estimate of drug-likeness (QED) is 0.442. The zero-order chi connectivity index (χ0) is 6.85. The summed E-state index contributed by atoms with van der Waals surface area (Å²) in [5.74, 6) is -1.10. The minimum Gasteiger partial charge on any atom is -0.277 e. The molecule has 0 radical (unpaired) electrons. The second kappa shape index (κ2) is 3.21. The maximum atomic E-state index is 10.3. The number of carbonyl (C=O) groups excluding carboxylic acids is 3. The predicted octanol–water partition coefficient (Wildman–Crippen LogP) is -1.14. The van der Waals surface area contributed by atoms with Crippen LogP contribution in [-0.4, -0.2) is 17.8 Å². The summed E-state index contributed by atoms with van der Waals surface area (Å²) in [6.07, 6.45) is -0.258. The fourth-order valence-corrected chi connectivity index (χ4v) is 0.519. The number of barbiturate groups is 1. The molecule has 0 aromatic carbocycles. The second-order valence-electron chi connectivity index (χ2n) is 1.60. The number of hydrogen-bond donors (Lipinski definition) is 2. The zero-order valence-electron chi connectivity index (χ0n) is 4.93. The van der Waals surface area contributed by atoms with Gasteiger partial charge in [-0.1, -0.05) is 0 Å². The first kappa shape index (κ1) is 8.96. The Kier molecular flexibility index (Phi) is 2.88. The average molecular weight is 162 g/mol. The molecule has 5 nitrogen and oxygen atoms in total. The molecule has 0 atom stereocenters. The number of hydrogen-bond acceptors (Lipinski definition) is 3. The van der Waals surface area contributed by atoms with Gasteiger partial charge in [0.2, 0.25) is 11.8 Å². The van der Waals surface area contributed by atoms with E-state index in [1.807, 2.05) is 10.6 Å². The molecule has 6 heteroatoms. The average Bonchev–Trinajstić information content (AvgIpc) is 1.59. The van der Waals surface area contributed by atoms with Crippen LogP contribution in [0, 0.1) is 0 Å². The Hall–Kier alpha value is -1.04. The number of urea groups is 1. The molecule has 0 bridgehead atoms. The van der Waals surface area contributed by atoms with E-state index in [2.05, 4.69) is 0 Å². The molecule has 10 heavy (non-hydrogen) atoms. The van der Waals surface area contributed by atoms with Crippen molar-refractivity contribution in [1.29, 1.82) is 0 Å². The van der Waals surface area contributed by atoms with Gasteiger partial charge in [-0.3, -0.25) is 20.2 Å². The lowest BCUT2D eigenvalue weighted by atomic mass is 10.3. The summed E-state index contributed by atoms with van der Waals surface area (Å²) >= 11 is 0. The van der Waals surface area contributed by atoms with E-state index in [0.717, 1.165) is 0 Å². The van der Waals surface area contributed by atoms with Crippen LogP contribution < -0.4 is 10.6 Å². The topological polar surface area (TPSA) is 75.3 Å². The zero-order valence-corrected chi connectivity index (χ0v) is 5.93. The predicted molar refractivity (Wildman–Crippen MR) is 36.7 cm³/mol. The minimum atomic E-state index is -0.740. The van der Waals surface area contributed by atoms with Crippen LogP contribution in [-0.2, 0) is 9.59 Å². The van der Waals surface area contributed by atoms with E-state index in [1.165, 1.54) is 0 Å². The van der Waals surface area contributed by atoms with Gasteiger partial charge in [-0.15, -0.1) is 0 Å². The summed E-state index contributed by atoms with van der Waals surface area (Å²) in [5, 5.41) is 3.80. The van der Waals surface area contributed by atoms with Crippen molar-refractivity contribution >= 4 is 31.3 Å². The normalized spacial score (nSPS) is 17.0. The molecule has 1 aliphatic heterocycles. The number of carbonyl (C=O) groups is 3. The van der Waals surface area contributed by atoms with Gasteiger partial charge < -0.3 is 0 Å². The molecule has 1 fully saturated rings. The molecule has 1 aliphatic rings. The van der Waals surface area contributed by atoms with E-state index in [0.29, 0.717) is 0 Å². The Balaban J connectivity index is 0.000000810. The minimum absolute atomic E-state index is 0. The molecule has 0 aliphatic carbocycles. The molecule has 2 N–H and O–H groups in total. The maximum absolute atomic E-state index is 10.3. The van der Waals surface area contributed by atoms with E-state index in [1.54, 1.807) is 0 Å². The van der Waals surface area contributed by atoms with Gasteiger partial charge in [-0.05, 0) is 0 Å². The van der Waals surface area contributed by atoms with Crippen LogP contribution >= 0.6 is 13.5 Å². The Labute approximate surface area is 63.6 Å². The molecular formula is C4H6N2O3S. The fraction of sp³-hybridized carbons (Fsp3) is 0.250. The highest BCUT2D eigenvalue weighted by Crippen LogP contribution is 1.85. The van der Waals surface area contributed by atoms with Gasteiger partial charge in [-0.25, -0.2) is 4.79 Å². The highest BCUT2D eigenvalue weighted by atomic mass is 32.1. The van der Waals surface area contributed by atoms with Crippen molar-refractivity contribution in [2.75, 3.05) is 0 Å². The number of amides is 4. The van der Waals surface area contributed by atoms with Crippen LogP contribution in [0.2, 0.25) is 0 Å². The highest BCUT2D eigenvalue weighted by Gasteiger charge is 2.20. The largest absolute Gasteiger partial charge is 0.328 e. The summed E-state index contributed by atoms with van der Waals surface area (Å²) in [4.78, 5) is 30.8. The first-order valence-electron chi connectivity index (χ1n) is 2.32. The fourth-order valence-electron chi connectivity index (χ4n) is 0.519. The molecular weight excluding hydrogens is 156 g/mol. The van der Waals surface area contributed by atoms with Crippen molar-refractivity contribution in [3.63, 3.8) is 0 Å². The molecule has 0 saturated carbocycles. The molecule has 1 rings (SSSR count). The molecule has 1 heterocycles. The van der Waals surface area contributed by atoms with E-state index in [9.17, 15) is 14.4 Å². The van der Waals surface area contributed by atoms with E-state index in [4.69, 9.17) is 0 Å². The Morgan fingerprint density at radius 2 is 1.40 bits per heavy atom. The van der Waals surface area contributed by atoms with Gasteiger partial charge in [0.25, 0.3) is 0 Å². The third-order valence-corrected chi connectivity index (χ3v) is 0.827. The highest BCUT2D eigenvalue weighted by molar-refractivity contribution is 7.59. The summed E-state index contributed by atoms with van der Waals surface area (Å²) in [6.45, 7) is 0. The Morgan fingerprint density at radius 1 is 1.00 bits per heavy atom.